The fourth-order valence-corrected chi connectivity index (χ4v) is 3.00. The second-order valence-electron chi connectivity index (χ2n) is 4.53. The number of benzene rings is 1. The van der Waals surface area contributed by atoms with E-state index in [-0.39, 0.29) is 16.5 Å². The molecule has 2 rings (SSSR count). The highest BCUT2D eigenvalue weighted by atomic mass is 35.5. The zero-order chi connectivity index (χ0) is 14.0. The van der Waals surface area contributed by atoms with E-state index in [2.05, 4.69) is 10.0 Å². The third-order valence-electron chi connectivity index (χ3n) is 2.88. The van der Waals surface area contributed by atoms with Crippen molar-refractivity contribution in [3.8, 4) is 0 Å². The fourth-order valence-electron chi connectivity index (χ4n) is 1.72. The van der Waals surface area contributed by atoms with Gasteiger partial charge in [-0.3, -0.25) is 0 Å². The van der Waals surface area contributed by atoms with E-state index in [9.17, 15) is 12.8 Å². The standard InChI is InChI=1S/C12H16ClFN2O2S/c1-2-16-19(17,18)10-5-8(7-15-9-3-4-9)12(13)11(14)6-10/h5-6,9,15-16H,2-4,7H2,1H3. The van der Waals surface area contributed by atoms with Crippen LogP contribution in [-0.2, 0) is 16.6 Å². The molecule has 19 heavy (non-hydrogen) atoms. The largest absolute Gasteiger partial charge is 0.310 e. The first-order chi connectivity index (χ1) is 8.94. The Balaban J connectivity index is 2.29. The number of hydrogen-bond donors (Lipinski definition) is 2. The minimum atomic E-state index is -3.67. The van der Waals surface area contributed by atoms with Crippen molar-refractivity contribution in [2.45, 2.75) is 37.2 Å². The van der Waals surface area contributed by atoms with Crippen LogP contribution >= 0.6 is 11.6 Å². The predicted molar refractivity (Wildman–Crippen MR) is 72.1 cm³/mol. The molecule has 7 heteroatoms. The van der Waals surface area contributed by atoms with E-state index in [0.29, 0.717) is 18.2 Å². The van der Waals surface area contributed by atoms with Crippen LogP contribution in [0.4, 0.5) is 4.39 Å². The molecule has 0 saturated heterocycles. The van der Waals surface area contributed by atoms with Crippen molar-refractivity contribution in [1.29, 1.82) is 0 Å². The van der Waals surface area contributed by atoms with Gasteiger partial charge >= 0.3 is 0 Å². The normalized spacial score (nSPS) is 15.7. The lowest BCUT2D eigenvalue weighted by Crippen LogP contribution is -2.24. The van der Waals surface area contributed by atoms with Gasteiger partial charge in [-0.15, -0.1) is 0 Å². The van der Waals surface area contributed by atoms with Crippen LogP contribution in [0.1, 0.15) is 25.3 Å². The SMILES string of the molecule is CCNS(=O)(=O)c1cc(F)c(Cl)c(CNC2CC2)c1. The molecule has 1 aliphatic carbocycles. The molecule has 0 unspecified atom stereocenters. The lowest BCUT2D eigenvalue weighted by molar-refractivity contribution is 0.578. The number of halogens is 2. The Morgan fingerprint density at radius 2 is 2.11 bits per heavy atom. The Bertz CT molecular complexity index is 573. The van der Waals surface area contributed by atoms with Crippen LogP contribution in [-0.4, -0.2) is 21.0 Å². The van der Waals surface area contributed by atoms with E-state index in [4.69, 9.17) is 11.6 Å². The number of hydrogen-bond acceptors (Lipinski definition) is 3. The van der Waals surface area contributed by atoms with Crippen LogP contribution in [0.25, 0.3) is 0 Å². The van der Waals surface area contributed by atoms with Gasteiger partial charge in [-0.05, 0) is 30.5 Å². The van der Waals surface area contributed by atoms with Crippen LogP contribution in [0.3, 0.4) is 0 Å². The summed E-state index contributed by atoms with van der Waals surface area (Å²) in [5.74, 6) is -0.715. The van der Waals surface area contributed by atoms with Gasteiger partial charge in [0.05, 0.1) is 9.92 Å². The molecule has 0 spiro atoms. The van der Waals surface area contributed by atoms with Crippen LogP contribution in [0.5, 0.6) is 0 Å². The van der Waals surface area contributed by atoms with Crippen LogP contribution < -0.4 is 10.0 Å². The predicted octanol–water partition coefficient (Wildman–Crippen LogP) is 2.03. The molecule has 2 N–H and O–H groups in total. The van der Waals surface area contributed by atoms with Crippen molar-refractivity contribution in [2.75, 3.05) is 6.54 Å². The lowest BCUT2D eigenvalue weighted by atomic mass is 10.2. The summed E-state index contributed by atoms with van der Waals surface area (Å²) in [7, 11) is -3.67. The highest BCUT2D eigenvalue weighted by molar-refractivity contribution is 7.89. The fraction of sp³-hybridized carbons (Fsp3) is 0.500. The first-order valence-corrected chi connectivity index (χ1v) is 8.01. The molecule has 0 radical (unpaired) electrons. The van der Waals surface area contributed by atoms with Gasteiger partial charge in [-0.1, -0.05) is 18.5 Å². The quantitative estimate of drug-likeness (QED) is 0.845. The van der Waals surface area contributed by atoms with Crippen LogP contribution in [0.2, 0.25) is 5.02 Å². The second kappa shape index (κ2) is 5.75. The maximum Gasteiger partial charge on any atom is 0.240 e. The molecule has 0 heterocycles. The van der Waals surface area contributed by atoms with Gasteiger partial charge < -0.3 is 5.32 Å². The molecular formula is C12H16ClFN2O2S. The zero-order valence-corrected chi connectivity index (χ0v) is 12.1. The van der Waals surface area contributed by atoms with Crippen LogP contribution in [0.15, 0.2) is 17.0 Å². The van der Waals surface area contributed by atoms with E-state index in [1.54, 1.807) is 6.92 Å². The molecule has 1 aliphatic rings. The summed E-state index contributed by atoms with van der Waals surface area (Å²) in [6.07, 6.45) is 2.19. The summed E-state index contributed by atoms with van der Waals surface area (Å²) in [4.78, 5) is -0.0937. The summed E-state index contributed by atoms with van der Waals surface area (Å²) < 4.78 is 39.7. The second-order valence-corrected chi connectivity index (χ2v) is 6.68. The van der Waals surface area contributed by atoms with Crippen molar-refractivity contribution >= 4 is 21.6 Å². The maximum absolute atomic E-state index is 13.7. The molecule has 0 aromatic heterocycles. The number of rotatable bonds is 6. The van der Waals surface area contributed by atoms with Crippen molar-refractivity contribution in [1.82, 2.24) is 10.0 Å². The molecule has 4 nitrogen and oxygen atoms in total. The molecule has 0 aliphatic heterocycles. The van der Waals surface area contributed by atoms with E-state index in [1.807, 2.05) is 0 Å². The van der Waals surface area contributed by atoms with E-state index < -0.39 is 15.8 Å². The Labute approximate surface area is 117 Å². The average Bonchev–Trinajstić information content (AvgIpc) is 3.14. The van der Waals surface area contributed by atoms with Gasteiger partial charge in [0.2, 0.25) is 10.0 Å². The minimum Gasteiger partial charge on any atom is -0.310 e. The van der Waals surface area contributed by atoms with Gasteiger partial charge in [-0.2, -0.15) is 0 Å². The Morgan fingerprint density at radius 3 is 2.68 bits per heavy atom. The minimum absolute atomic E-state index is 0.0244. The van der Waals surface area contributed by atoms with E-state index in [0.717, 1.165) is 18.9 Å². The molecule has 106 valence electrons. The first-order valence-electron chi connectivity index (χ1n) is 6.15. The monoisotopic (exact) mass is 306 g/mol. The summed E-state index contributed by atoms with van der Waals surface area (Å²) >= 11 is 5.87. The highest BCUT2D eigenvalue weighted by Gasteiger charge is 2.22. The van der Waals surface area contributed by atoms with Gasteiger partial charge in [0.1, 0.15) is 5.82 Å². The van der Waals surface area contributed by atoms with Gasteiger partial charge in [-0.25, -0.2) is 17.5 Å². The molecule has 0 amide bonds. The summed E-state index contributed by atoms with van der Waals surface area (Å²) in [5.41, 5.74) is 0.463. The Hall–Kier alpha value is -0.690. The Morgan fingerprint density at radius 1 is 1.42 bits per heavy atom. The van der Waals surface area contributed by atoms with E-state index >= 15 is 0 Å². The molecule has 1 fully saturated rings. The van der Waals surface area contributed by atoms with Crippen molar-refractivity contribution < 1.29 is 12.8 Å². The summed E-state index contributed by atoms with van der Waals surface area (Å²) in [5, 5.41) is 3.16. The molecular weight excluding hydrogens is 291 g/mol. The molecule has 1 aromatic rings. The van der Waals surface area contributed by atoms with E-state index in [1.165, 1.54) is 6.07 Å². The zero-order valence-electron chi connectivity index (χ0n) is 10.5. The van der Waals surface area contributed by atoms with Gasteiger partial charge in [0, 0.05) is 19.1 Å². The van der Waals surface area contributed by atoms with Crippen molar-refractivity contribution in [2.24, 2.45) is 0 Å². The molecule has 1 aromatic carbocycles. The topological polar surface area (TPSA) is 58.2 Å². The maximum atomic E-state index is 13.7. The number of sulfonamides is 1. The average molecular weight is 307 g/mol. The molecule has 0 bridgehead atoms. The highest BCUT2D eigenvalue weighted by Crippen LogP contribution is 2.26. The van der Waals surface area contributed by atoms with Gasteiger partial charge in [0.15, 0.2) is 0 Å². The first kappa shape index (κ1) is 14.7. The number of nitrogens with one attached hydrogen (secondary N) is 2. The third kappa shape index (κ3) is 3.66. The summed E-state index contributed by atoms with van der Waals surface area (Å²) in [6.45, 7) is 2.29. The summed E-state index contributed by atoms with van der Waals surface area (Å²) in [6, 6.07) is 2.80. The third-order valence-corrected chi connectivity index (χ3v) is 4.83. The van der Waals surface area contributed by atoms with Crippen molar-refractivity contribution in [3.05, 3.63) is 28.5 Å². The Kier molecular flexibility index (Phi) is 4.45. The van der Waals surface area contributed by atoms with Crippen molar-refractivity contribution in [3.63, 3.8) is 0 Å². The van der Waals surface area contributed by atoms with Crippen LogP contribution in [0, 0.1) is 5.82 Å². The molecule has 0 atom stereocenters. The smallest absolute Gasteiger partial charge is 0.240 e. The molecule has 1 saturated carbocycles. The lowest BCUT2D eigenvalue weighted by Gasteiger charge is -2.10. The van der Waals surface area contributed by atoms with Gasteiger partial charge in [0.25, 0.3) is 0 Å².